The smallest absolute Gasteiger partial charge is 0.167 e. The van der Waals surface area contributed by atoms with Crippen molar-refractivity contribution in [3.05, 3.63) is 22.6 Å². The number of fused-ring (bicyclic) bond motifs is 2. The lowest BCUT2D eigenvalue weighted by Gasteiger charge is -2.17. The van der Waals surface area contributed by atoms with Crippen molar-refractivity contribution in [3.8, 4) is 11.5 Å². The molecule has 0 aliphatic heterocycles. The number of hydrogen-bond acceptors (Lipinski definition) is 5. The SMILES string of the molecule is O=C1CCC(=O)c2c1c(O)c1ccsc1c2O. The molecule has 0 saturated heterocycles. The van der Waals surface area contributed by atoms with Gasteiger partial charge in [0.15, 0.2) is 11.6 Å². The number of carbonyl (C=O) groups excluding carboxylic acids is 2. The minimum Gasteiger partial charge on any atom is -0.506 e. The second-order valence-corrected chi connectivity index (χ2v) is 4.87. The molecule has 5 heteroatoms. The Morgan fingerprint density at radius 3 is 2.24 bits per heavy atom. The van der Waals surface area contributed by atoms with E-state index >= 15 is 0 Å². The summed E-state index contributed by atoms with van der Waals surface area (Å²) in [7, 11) is 0. The first-order valence-corrected chi connectivity index (χ1v) is 6.00. The van der Waals surface area contributed by atoms with Crippen molar-refractivity contribution in [1.29, 1.82) is 0 Å². The number of ketones is 2. The first kappa shape index (κ1) is 10.3. The summed E-state index contributed by atoms with van der Waals surface area (Å²) in [5.41, 5.74) is -0.0432. The fourth-order valence-corrected chi connectivity index (χ4v) is 3.03. The van der Waals surface area contributed by atoms with Crippen LogP contribution in [0.15, 0.2) is 11.4 Å². The molecule has 0 spiro atoms. The van der Waals surface area contributed by atoms with Crippen molar-refractivity contribution in [2.75, 3.05) is 0 Å². The van der Waals surface area contributed by atoms with Gasteiger partial charge in [-0.05, 0) is 11.4 Å². The molecule has 1 aromatic heterocycles. The Kier molecular flexibility index (Phi) is 2.00. The van der Waals surface area contributed by atoms with Crippen LogP contribution >= 0.6 is 11.3 Å². The molecule has 1 aliphatic carbocycles. The zero-order valence-electron chi connectivity index (χ0n) is 8.69. The van der Waals surface area contributed by atoms with Crippen LogP contribution in [0.4, 0.5) is 0 Å². The monoisotopic (exact) mass is 248 g/mol. The molecule has 2 aromatic rings. The number of phenols is 2. The number of carbonyl (C=O) groups is 2. The summed E-state index contributed by atoms with van der Waals surface area (Å²) < 4.78 is 0.448. The van der Waals surface area contributed by atoms with Gasteiger partial charge in [0.25, 0.3) is 0 Å². The lowest BCUT2D eigenvalue weighted by Crippen LogP contribution is -2.17. The molecule has 4 nitrogen and oxygen atoms in total. The quantitative estimate of drug-likeness (QED) is 0.702. The van der Waals surface area contributed by atoms with Gasteiger partial charge in [-0.15, -0.1) is 11.3 Å². The fourth-order valence-electron chi connectivity index (χ4n) is 2.18. The Labute approximate surface area is 100 Å². The highest BCUT2D eigenvalue weighted by Gasteiger charge is 2.32. The van der Waals surface area contributed by atoms with Gasteiger partial charge in [-0.2, -0.15) is 0 Å². The number of benzene rings is 1. The minimum atomic E-state index is -0.291. The molecule has 17 heavy (non-hydrogen) atoms. The normalized spacial score (nSPS) is 15.3. The average Bonchev–Trinajstić information content (AvgIpc) is 2.78. The first-order valence-electron chi connectivity index (χ1n) is 5.12. The highest BCUT2D eigenvalue weighted by Crippen LogP contribution is 2.44. The molecular formula is C12H8O4S. The molecule has 3 rings (SSSR count). The predicted octanol–water partition coefficient (Wildman–Crippen LogP) is 2.47. The number of Topliss-reactive ketones (excluding diaryl/α,β-unsaturated/α-hetero) is 2. The van der Waals surface area contributed by atoms with Crippen molar-refractivity contribution in [3.63, 3.8) is 0 Å². The standard InChI is InChI=1S/C12H8O4S/c13-6-1-2-7(14)9-8(6)10(15)5-3-4-17-12(5)11(9)16/h3-4,15-16H,1-2H2. The molecule has 0 saturated carbocycles. The summed E-state index contributed by atoms with van der Waals surface area (Å²) in [6, 6.07) is 1.63. The average molecular weight is 248 g/mol. The van der Waals surface area contributed by atoms with Gasteiger partial charge < -0.3 is 10.2 Å². The second-order valence-electron chi connectivity index (χ2n) is 3.96. The minimum absolute atomic E-state index is 0.0197. The summed E-state index contributed by atoms with van der Waals surface area (Å²) in [6.07, 6.45) is 0.185. The summed E-state index contributed by atoms with van der Waals surface area (Å²) in [6.45, 7) is 0. The second kappa shape index (κ2) is 3.30. The van der Waals surface area contributed by atoms with Crippen LogP contribution in [-0.2, 0) is 0 Å². The number of phenolic OH excluding ortho intramolecular Hbond substituents is 2. The summed E-state index contributed by atoms with van der Waals surface area (Å²) in [4.78, 5) is 23.5. The zero-order valence-corrected chi connectivity index (χ0v) is 9.50. The molecule has 1 heterocycles. The van der Waals surface area contributed by atoms with Crippen LogP contribution in [0.1, 0.15) is 33.6 Å². The molecule has 0 amide bonds. The summed E-state index contributed by atoms with van der Waals surface area (Å²) in [5, 5.41) is 22.2. The third-order valence-corrected chi connectivity index (χ3v) is 3.92. The van der Waals surface area contributed by atoms with Gasteiger partial charge in [-0.1, -0.05) is 0 Å². The van der Waals surface area contributed by atoms with Gasteiger partial charge in [0.05, 0.1) is 15.8 Å². The Hall–Kier alpha value is -1.88. The number of rotatable bonds is 0. The molecule has 86 valence electrons. The van der Waals surface area contributed by atoms with Crippen LogP contribution in [0.3, 0.4) is 0 Å². The van der Waals surface area contributed by atoms with Crippen LogP contribution in [-0.4, -0.2) is 21.8 Å². The first-order chi connectivity index (χ1) is 8.11. The van der Waals surface area contributed by atoms with E-state index in [1.54, 1.807) is 11.4 Å². The Morgan fingerprint density at radius 1 is 1.00 bits per heavy atom. The molecule has 0 bridgehead atoms. The van der Waals surface area contributed by atoms with Gasteiger partial charge in [0, 0.05) is 18.2 Å². The van der Waals surface area contributed by atoms with E-state index in [1.165, 1.54) is 11.3 Å². The number of hydrogen-bond donors (Lipinski definition) is 2. The highest BCUT2D eigenvalue weighted by molar-refractivity contribution is 7.17. The summed E-state index contributed by atoms with van der Waals surface area (Å²) >= 11 is 1.23. The highest BCUT2D eigenvalue weighted by atomic mass is 32.1. The maximum Gasteiger partial charge on any atom is 0.167 e. The van der Waals surface area contributed by atoms with Gasteiger partial charge in [-0.25, -0.2) is 0 Å². The lowest BCUT2D eigenvalue weighted by molar-refractivity contribution is 0.0885. The van der Waals surface area contributed by atoms with Gasteiger partial charge in [0.2, 0.25) is 0 Å². The molecule has 0 fully saturated rings. The molecule has 0 unspecified atom stereocenters. The maximum atomic E-state index is 11.8. The van der Waals surface area contributed by atoms with Crippen molar-refractivity contribution < 1.29 is 19.8 Å². The fraction of sp³-hybridized carbons (Fsp3) is 0.167. The van der Waals surface area contributed by atoms with E-state index in [0.29, 0.717) is 10.1 Å². The van der Waals surface area contributed by atoms with E-state index in [4.69, 9.17) is 0 Å². The molecular weight excluding hydrogens is 240 g/mol. The molecule has 0 radical (unpaired) electrons. The van der Waals surface area contributed by atoms with Crippen LogP contribution in [0.25, 0.3) is 10.1 Å². The topological polar surface area (TPSA) is 74.6 Å². The molecule has 1 aliphatic rings. The Bertz CT molecular complexity index is 613. The number of thiophene rings is 1. The van der Waals surface area contributed by atoms with Crippen molar-refractivity contribution in [2.24, 2.45) is 0 Å². The third-order valence-electron chi connectivity index (χ3n) is 3.00. The molecule has 2 N–H and O–H groups in total. The van der Waals surface area contributed by atoms with Crippen LogP contribution in [0, 0.1) is 0 Å². The van der Waals surface area contributed by atoms with Gasteiger partial charge in [0.1, 0.15) is 11.5 Å². The van der Waals surface area contributed by atoms with Gasteiger partial charge >= 0.3 is 0 Å². The van der Waals surface area contributed by atoms with E-state index in [1.807, 2.05) is 0 Å². The van der Waals surface area contributed by atoms with Crippen molar-refractivity contribution >= 4 is 33.0 Å². The zero-order chi connectivity index (χ0) is 12.2. The molecule has 1 aromatic carbocycles. The van der Waals surface area contributed by atoms with Crippen molar-refractivity contribution in [1.82, 2.24) is 0 Å². The lowest BCUT2D eigenvalue weighted by atomic mass is 9.87. The third kappa shape index (κ3) is 1.23. The Balaban J connectivity index is 2.53. The van der Waals surface area contributed by atoms with E-state index in [-0.39, 0.29) is 47.0 Å². The summed E-state index contributed by atoms with van der Waals surface area (Å²) in [5.74, 6) is -0.948. The predicted molar refractivity (Wildman–Crippen MR) is 63.0 cm³/mol. The van der Waals surface area contributed by atoms with Crippen LogP contribution in [0.5, 0.6) is 11.5 Å². The van der Waals surface area contributed by atoms with E-state index in [0.717, 1.165) is 0 Å². The van der Waals surface area contributed by atoms with Crippen LogP contribution in [0.2, 0.25) is 0 Å². The van der Waals surface area contributed by atoms with Gasteiger partial charge in [-0.3, -0.25) is 9.59 Å². The largest absolute Gasteiger partial charge is 0.506 e. The van der Waals surface area contributed by atoms with E-state index < -0.39 is 0 Å². The number of aromatic hydroxyl groups is 2. The van der Waals surface area contributed by atoms with Crippen molar-refractivity contribution in [2.45, 2.75) is 12.8 Å². The maximum absolute atomic E-state index is 11.8. The van der Waals surface area contributed by atoms with E-state index in [9.17, 15) is 19.8 Å². The van der Waals surface area contributed by atoms with E-state index in [2.05, 4.69) is 0 Å². The Morgan fingerprint density at radius 2 is 1.59 bits per heavy atom. The molecule has 0 atom stereocenters. The van der Waals surface area contributed by atoms with Crippen LogP contribution < -0.4 is 0 Å².